The standard InChI is InChI=1S/C25H36N2O4S/c1-4-11-26(15-20(28)17-30-5-2)16-25(29)27-12-9-24-22(10-13-32-24)23(27)18-31-21-8-6-7-19(3)14-21/h6-8,10,13-14,20,23,28H,4-5,9,11-12,15-18H2,1-3H3/t20-,23+/m0/s1. The number of hydrogen-bond donors (Lipinski definition) is 1. The Morgan fingerprint density at radius 2 is 2.19 bits per heavy atom. The first-order valence-electron chi connectivity index (χ1n) is 11.5. The van der Waals surface area contributed by atoms with E-state index in [0.29, 0.717) is 32.9 Å². The summed E-state index contributed by atoms with van der Waals surface area (Å²) in [6, 6.07) is 10.0. The molecule has 7 heteroatoms. The third-order valence-corrected chi connectivity index (χ3v) is 6.69. The van der Waals surface area contributed by atoms with Crippen LogP contribution in [0.25, 0.3) is 0 Å². The van der Waals surface area contributed by atoms with Crippen molar-refractivity contribution in [2.24, 2.45) is 0 Å². The molecule has 1 aliphatic heterocycles. The van der Waals surface area contributed by atoms with Crippen molar-refractivity contribution in [3.8, 4) is 5.75 Å². The lowest BCUT2D eigenvalue weighted by molar-refractivity contribution is -0.136. The molecule has 0 saturated carbocycles. The summed E-state index contributed by atoms with van der Waals surface area (Å²) in [7, 11) is 0. The fourth-order valence-electron chi connectivity index (χ4n) is 4.19. The summed E-state index contributed by atoms with van der Waals surface area (Å²) < 4.78 is 11.5. The molecule has 2 atom stereocenters. The number of rotatable bonds is 12. The van der Waals surface area contributed by atoms with Crippen molar-refractivity contribution in [3.63, 3.8) is 0 Å². The molecule has 0 saturated heterocycles. The van der Waals surface area contributed by atoms with Crippen LogP contribution in [0.1, 0.15) is 42.3 Å². The molecular formula is C25H36N2O4S. The average molecular weight is 461 g/mol. The Morgan fingerprint density at radius 3 is 2.94 bits per heavy atom. The molecular weight excluding hydrogens is 424 g/mol. The van der Waals surface area contributed by atoms with Gasteiger partial charge in [-0.1, -0.05) is 19.1 Å². The van der Waals surface area contributed by atoms with E-state index in [9.17, 15) is 9.90 Å². The van der Waals surface area contributed by atoms with Crippen molar-refractivity contribution < 1.29 is 19.4 Å². The smallest absolute Gasteiger partial charge is 0.237 e. The minimum Gasteiger partial charge on any atom is -0.491 e. The Balaban J connectivity index is 1.69. The first-order valence-corrected chi connectivity index (χ1v) is 12.4. The molecule has 0 radical (unpaired) electrons. The number of fused-ring (bicyclic) bond motifs is 1. The van der Waals surface area contributed by atoms with E-state index >= 15 is 0 Å². The molecule has 1 amide bonds. The monoisotopic (exact) mass is 460 g/mol. The van der Waals surface area contributed by atoms with E-state index in [1.165, 1.54) is 10.4 Å². The predicted molar refractivity (Wildman–Crippen MR) is 128 cm³/mol. The van der Waals surface area contributed by atoms with Crippen LogP contribution < -0.4 is 4.74 Å². The Morgan fingerprint density at radius 1 is 1.34 bits per heavy atom. The maximum atomic E-state index is 13.4. The number of aliphatic hydroxyl groups is 1. The van der Waals surface area contributed by atoms with Crippen LogP contribution in [0.4, 0.5) is 0 Å². The fraction of sp³-hybridized carbons (Fsp3) is 0.560. The lowest BCUT2D eigenvalue weighted by Gasteiger charge is -2.37. The van der Waals surface area contributed by atoms with Crippen molar-refractivity contribution in [1.82, 2.24) is 9.80 Å². The highest BCUT2D eigenvalue weighted by Crippen LogP contribution is 2.34. The molecule has 3 rings (SSSR count). The number of hydrogen-bond acceptors (Lipinski definition) is 6. The van der Waals surface area contributed by atoms with Gasteiger partial charge in [-0.3, -0.25) is 9.69 Å². The minimum atomic E-state index is -0.598. The number of nitrogens with zero attached hydrogens (tertiary/aromatic N) is 2. The zero-order chi connectivity index (χ0) is 22.9. The van der Waals surface area contributed by atoms with Gasteiger partial charge in [-0.25, -0.2) is 0 Å². The fourth-order valence-corrected chi connectivity index (χ4v) is 5.12. The predicted octanol–water partition coefficient (Wildman–Crippen LogP) is 3.67. The van der Waals surface area contributed by atoms with Gasteiger partial charge in [-0.2, -0.15) is 0 Å². The van der Waals surface area contributed by atoms with E-state index in [1.807, 2.05) is 47.9 Å². The van der Waals surface area contributed by atoms with Crippen LogP contribution >= 0.6 is 11.3 Å². The highest BCUT2D eigenvalue weighted by atomic mass is 32.1. The Hall–Kier alpha value is -1.93. The molecule has 32 heavy (non-hydrogen) atoms. The highest BCUT2D eigenvalue weighted by Gasteiger charge is 2.33. The molecule has 0 spiro atoms. The van der Waals surface area contributed by atoms with Crippen LogP contribution in [0, 0.1) is 6.92 Å². The molecule has 0 bridgehead atoms. The molecule has 1 N–H and O–H groups in total. The van der Waals surface area contributed by atoms with Gasteiger partial charge in [0.1, 0.15) is 12.4 Å². The van der Waals surface area contributed by atoms with Crippen molar-refractivity contribution in [2.75, 3.05) is 46.0 Å². The SMILES string of the molecule is CCCN(CC(=O)N1CCc2sccc2[C@H]1COc1cccc(C)c1)C[C@H](O)COCC. The van der Waals surface area contributed by atoms with Crippen LogP contribution in [0.2, 0.25) is 0 Å². The molecule has 1 aromatic heterocycles. The van der Waals surface area contributed by atoms with Crippen molar-refractivity contribution in [2.45, 2.75) is 45.8 Å². The maximum absolute atomic E-state index is 13.4. The number of ether oxygens (including phenoxy) is 2. The molecule has 1 aromatic carbocycles. The van der Waals surface area contributed by atoms with E-state index in [-0.39, 0.29) is 18.5 Å². The molecule has 0 aliphatic carbocycles. The maximum Gasteiger partial charge on any atom is 0.237 e. The molecule has 2 heterocycles. The zero-order valence-corrected chi connectivity index (χ0v) is 20.3. The normalized spacial score (nSPS) is 16.8. The summed E-state index contributed by atoms with van der Waals surface area (Å²) in [5, 5.41) is 12.4. The van der Waals surface area contributed by atoms with Gasteiger partial charge in [-0.15, -0.1) is 11.3 Å². The zero-order valence-electron chi connectivity index (χ0n) is 19.5. The van der Waals surface area contributed by atoms with Gasteiger partial charge >= 0.3 is 0 Å². The van der Waals surface area contributed by atoms with Crippen molar-refractivity contribution >= 4 is 17.2 Å². The Labute approximate surface area is 195 Å². The van der Waals surface area contributed by atoms with Crippen LogP contribution in [0.3, 0.4) is 0 Å². The largest absolute Gasteiger partial charge is 0.491 e. The van der Waals surface area contributed by atoms with Gasteiger partial charge in [0.05, 0.1) is 25.3 Å². The summed E-state index contributed by atoms with van der Waals surface area (Å²) in [4.78, 5) is 18.7. The van der Waals surface area contributed by atoms with E-state index in [0.717, 1.165) is 30.7 Å². The third kappa shape index (κ3) is 6.78. The molecule has 2 aromatic rings. The summed E-state index contributed by atoms with van der Waals surface area (Å²) in [5.41, 5.74) is 2.34. The van der Waals surface area contributed by atoms with Crippen LogP contribution in [-0.2, 0) is 16.0 Å². The number of aryl methyl sites for hydroxylation is 1. The number of carbonyl (C=O) groups excluding carboxylic acids is 1. The first-order chi connectivity index (χ1) is 15.5. The van der Waals surface area contributed by atoms with Crippen molar-refractivity contribution in [1.29, 1.82) is 0 Å². The molecule has 0 fully saturated rings. The number of carbonyl (C=O) groups is 1. The van der Waals surface area contributed by atoms with E-state index in [4.69, 9.17) is 9.47 Å². The minimum absolute atomic E-state index is 0.0803. The highest BCUT2D eigenvalue weighted by molar-refractivity contribution is 7.10. The second-order valence-corrected chi connectivity index (χ2v) is 9.33. The molecule has 0 unspecified atom stereocenters. The van der Waals surface area contributed by atoms with Gasteiger partial charge in [0, 0.05) is 24.6 Å². The summed E-state index contributed by atoms with van der Waals surface area (Å²) in [6.45, 7) is 9.51. The van der Waals surface area contributed by atoms with E-state index in [2.05, 4.69) is 18.4 Å². The summed E-state index contributed by atoms with van der Waals surface area (Å²) in [6.07, 6.45) is 1.20. The van der Waals surface area contributed by atoms with Gasteiger partial charge in [0.2, 0.25) is 5.91 Å². The molecule has 6 nitrogen and oxygen atoms in total. The quantitative estimate of drug-likeness (QED) is 0.524. The summed E-state index contributed by atoms with van der Waals surface area (Å²) in [5.74, 6) is 0.906. The second-order valence-electron chi connectivity index (χ2n) is 8.33. The second kappa shape index (κ2) is 12.3. The lowest BCUT2D eigenvalue weighted by atomic mass is 10.0. The van der Waals surface area contributed by atoms with E-state index < -0.39 is 6.10 Å². The number of aliphatic hydroxyl groups excluding tert-OH is 1. The molecule has 176 valence electrons. The Kier molecular flexibility index (Phi) is 9.53. The Bertz CT molecular complexity index is 856. The van der Waals surface area contributed by atoms with Gasteiger partial charge in [-0.05, 0) is 67.9 Å². The van der Waals surface area contributed by atoms with Gasteiger partial charge in [0.25, 0.3) is 0 Å². The van der Waals surface area contributed by atoms with Gasteiger partial charge < -0.3 is 19.5 Å². The molecule has 1 aliphatic rings. The van der Waals surface area contributed by atoms with Gasteiger partial charge in [0.15, 0.2) is 0 Å². The van der Waals surface area contributed by atoms with Crippen LogP contribution in [0.15, 0.2) is 35.7 Å². The lowest BCUT2D eigenvalue weighted by Crippen LogP contribution is -2.48. The number of benzene rings is 1. The number of thiophene rings is 1. The first kappa shape index (κ1) is 24.7. The van der Waals surface area contributed by atoms with Crippen molar-refractivity contribution in [3.05, 3.63) is 51.7 Å². The van der Waals surface area contributed by atoms with E-state index in [1.54, 1.807) is 11.3 Å². The topological polar surface area (TPSA) is 62.2 Å². The van der Waals surface area contributed by atoms with Crippen LogP contribution in [-0.4, -0.2) is 72.9 Å². The third-order valence-electron chi connectivity index (χ3n) is 5.69. The summed E-state index contributed by atoms with van der Waals surface area (Å²) >= 11 is 1.75. The average Bonchev–Trinajstić information content (AvgIpc) is 3.25. The number of amides is 1. The van der Waals surface area contributed by atoms with Crippen LogP contribution in [0.5, 0.6) is 5.75 Å².